The van der Waals surface area contributed by atoms with Gasteiger partial charge in [0.15, 0.2) is 5.13 Å². The third kappa shape index (κ3) is 3.58. The number of anilines is 1. The molecular weight excluding hydrogens is 398 g/mol. The monoisotopic (exact) mass is 431 g/mol. The molecule has 0 bridgehead atoms. The van der Waals surface area contributed by atoms with Crippen LogP contribution in [-0.4, -0.2) is 34.1 Å². The van der Waals surface area contributed by atoms with Gasteiger partial charge in [-0.05, 0) is 62.2 Å². The Morgan fingerprint density at radius 1 is 1.23 bits per heavy atom. The fourth-order valence-corrected chi connectivity index (χ4v) is 7.17. The fraction of sp³-hybridized carbons (Fsp3) is 0.783. The summed E-state index contributed by atoms with van der Waals surface area (Å²) in [6.45, 7) is 6.42. The van der Waals surface area contributed by atoms with Gasteiger partial charge in [0, 0.05) is 28.7 Å². The third-order valence-electron chi connectivity index (χ3n) is 8.08. The fourth-order valence-electron chi connectivity index (χ4n) is 5.91. The Balaban J connectivity index is 1.35. The summed E-state index contributed by atoms with van der Waals surface area (Å²) in [7, 11) is 0. The number of aliphatic hydroxyl groups excluding tert-OH is 1. The first-order valence-corrected chi connectivity index (χ1v) is 12.4. The van der Waals surface area contributed by atoms with E-state index < -0.39 is 6.10 Å². The predicted molar refractivity (Wildman–Crippen MR) is 116 cm³/mol. The SMILES string of the molecule is C[C@H](C(=O)NC1CC1)[C@@H]1CC[C@@]2(C)Cc3sc(NC(=O)C4CC4)nc3[C@@H](C)[C@@H]2[C@H]1O. The Kier molecular flexibility index (Phi) is 4.97. The molecule has 2 amide bonds. The lowest BCUT2D eigenvalue weighted by Crippen LogP contribution is -2.53. The highest BCUT2D eigenvalue weighted by Gasteiger charge is 2.54. The second-order valence-electron chi connectivity index (χ2n) is 10.5. The highest BCUT2D eigenvalue weighted by atomic mass is 32.1. The molecule has 3 fully saturated rings. The predicted octanol–water partition coefficient (Wildman–Crippen LogP) is 3.46. The summed E-state index contributed by atoms with van der Waals surface area (Å²) in [5.41, 5.74) is 1.03. The molecule has 0 aliphatic heterocycles. The van der Waals surface area contributed by atoms with Gasteiger partial charge in [-0.25, -0.2) is 4.98 Å². The molecule has 3 saturated carbocycles. The zero-order chi connectivity index (χ0) is 21.2. The summed E-state index contributed by atoms with van der Waals surface area (Å²) < 4.78 is 0. The molecule has 1 aromatic heterocycles. The van der Waals surface area contributed by atoms with Crippen LogP contribution in [0.25, 0.3) is 0 Å². The van der Waals surface area contributed by atoms with Crippen LogP contribution in [0.1, 0.15) is 75.8 Å². The van der Waals surface area contributed by atoms with E-state index in [0.717, 1.165) is 50.6 Å². The van der Waals surface area contributed by atoms with Crippen LogP contribution < -0.4 is 10.6 Å². The van der Waals surface area contributed by atoms with Crippen LogP contribution in [0.4, 0.5) is 5.13 Å². The van der Waals surface area contributed by atoms with E-state index >= 15 is 0 Å². The van der Waals surface area contributed by atoms with Crippen LogP contribution in [0, 0.1) is 29.1 Å². The van der Waals surface area contributed by atoms with Crippen LogP contribution in [0.5, 0.6) is 0 Å². The molecule has 5 rings (SSSR count). The second kappa shape index (κ2) is 7.30. The van der Waals surface area contributed by atoms with Gasteiger partial charge in [-0.1, -0.05) is 20.8 Å². The van der Waals surface area contributed by atoms with Crippen LogP contribution in [-0.2, 0) is 16.0 Å². The number of thiazole rings is 1. The number of hydrogen-bond donors (Lipinski definition) is 3. The van der Waals surface area contributed by atoms with Gasteiger partial charge in [0.05, 0.1) is 11.8 Å². The molecule has 3 N–H and O–H groups in total. The van der Waals surface area contributed by atoms with Gasteiger partial charge in [0.1, 0.15) is 0 Å². The Bertz CT molecular complexity index is 862. The first-order valence-electron chi connectivity index (χ1n) is 11.6. The molecule has 0 saturated heterocycles. The Hall–Kier alpha value is -1.47. The van der Waals surface area contributed by atoms with Gasteiger partial charge in [0.25, 0.3) is 0 Å². The number of aliphatic hydroxyl groups is 1. The maximum Gasteiger partial charge on any atom is 0.229 e. The number of nitrogens with one attached hydrogen (secondary N) is 2. The molecule has 0 spiro atoms. The normalized spacial score (nSPS) is 36.4. The molecule has 0 unspecified atom stereocenters. The summed E-state index contributed by atoms with van der Waals surface area (Å²) >= 11 is 1.61. The van der Waals surface area contributed by atoms with Gasteiger partial charge in [0.2, 0.25) is 11.8 Å². The molecule has 0 radical (unpaired) electrons. The van der Waals surface area contributed by atoms with E-state index in [1.807, 2.05) is 6.92 Å². The third-order valence-corrected chi connectivity index (χ3v) is 9.07. The van der Waals surface area contributed by atoms with Gasteiger partial charge >= 0.3 is 0 Å². The van der Waals surface area contributed by atoms with Gasteiger partial charge < -0.3 is 15.7 Å². The van der Waals surface area contributed by atoms with E-state index in [-0.39, 0.29) is 46.8 Å². The van der Waals surface area contributed by atoms with Crippen molar-refractivity contribution in [1.29, 1.82) is 0 Å². The van der Waals surface area contributed by atoms with Gasteiger partial charge in [-0.2, -0.15) is 0 Å². The van der Waals surface area contributed by atoms with Crippen LogP contribution >= 0.6 is 11.3 Å². The molecule has 7 heteroatoms. The molecule has 0 aromatic carbocycles. The van der Waals surface area contributed by atoms with Crippen molar-refractivity contribution in [3.63, 3.8) is 0 Å². The van der Waals surface area contributed by atoms with Crippen molar-refractivity contribution in [2.75, 3.05) is 5.32 Å². The maximum atomic E-state index is 12.7. The number of fused-ring (bicyclic) bond motifs is 2. The van der Waals surface area contributed by atoms with Crippen molar-refractivity contribution in [2.24, 2.45) is 29.1 Å². The van der Waals surface area contributed by atoms with Crippen molar-refractivity contribution in [2.45, 2.75) is 83.8 Å². The van der Waals surface area contributed by atoms with Crippen molar-refractivity contribution < 1.29 is 14.7 Å². The highest BCUT2D eigenvalue weighted by Crippen LogP contribution is 2.57. The zero-order valence-electron chi connectivity index (χ0n) is 18.1. The second-order valence-corrected chi connectivity index (χ2v) is 11.6. The minimum atomic E-state index is -0.516. The number of carbonyl (C=O) groups is 2. The number of hydrogen-bond acceptors (Lipinski definition) is 5. The molecule has 30 heavy (non-hydrogen) atoms. The van der Waals surface area contributed by atoms with Crippen LogP contribution in [0.2, 0.25) is 0 Å². The summed E-state index contributed by atoms with van der Waals surface area (Å²) in [6.07, 6.45) is 6.37. The Labute approximate surface area is 182 Å². The van der Waals surface area contributed by atoms with Crippen molar-refractivity contribution in [1.82, 2.24) is 10.3 Å². The van der Waals surface area contributed by atoms with E-state index in [0.29, 0.717) is 11.2 Å². The molecule has 164 valence electrons. The molecule has 4 aliphatic carbocycles. The summed E-state index contributed by atoms with van der Waals surface area (Å²) in [5.74, 6) is 0.337. The maximum absolute atomic E-state index is 12.7. The number of amides is 2. The van der Waals surface area contributed by atoms with Crippen molar-refractivity contribution in [3.05, 3.63) is 10.6 Å². The summed E-state index contributed by atoms with van der Waals surface area (Å²) in [6, 6.07) is 0.349. The average Bonchev–Trinajstić information content (AvgIpc) is 3.60. The van der Waals surface area contributed by atoms with E-state index in [1.54, 1.807) is 11.3 Å². The van der Waals surface area contributed by atoms with Crippen molar-refractivity contribution in [3.8, 4) is 0 Å². The summed E-state index contributed by atoms with van der Waals surface area (Å²) in [5, 5.41) is 18.3. The Morgan fingerprint density at radius 3 is 2.63 bits per heavy atom. The largest absolute Gasteiger partial charge is 0.392 e. The standard InChI is InChI=1S/C23H33N3O3S/c1-11(20(28)24-14-6-7-14)15-8-9-23(3)10-16-18(12(2)17(23)19(15)27)25-22(30-16)26-21(29)13-4-5-13/h11-15,17,19,27H,4-10H2,1-3H3,(H,24,28)(H,25,26,29)/t11-,12-,15-,17+,19-,23-/m0/s1. The topological polar surface area (TPSA) is 91.3 Å². The van der Waals surface area contributed by atoms with Gasteiger partial charge in [-0.15, -0.1) is 11.3 Å². The molecular formula is C23H33N3O3S. The van der Waals surface area contributed by atoms with Crippen LogP contribution in [0.3, 0.4) is 0 Å². The minimum Gasteiger partial charge on any atom is -0.392 e. The van der Waals surface area contributed by atoms with Crippen molar-refractivity contribution >= 4 is 28.3 Å². The quantitative estimate of drug-likeness (QED) is 0.666. The summed E-state index contributed by atoms with van der Waals surface area (Å²) in [4.78, 5) is 30.9. The number of carbonyl (C=O) groups excluding carboxylic acids is 2. The van der Waals surface area contributed by atoms with Crippen LogP contribution in [0.15, 0.2) is 0 Å². The van der Waals surface area contributed by atoms with E-state index in [4.69, 9.17) is 4.98 Å². The van der Waals surface area contributed by atoms with E-state index in [1.165, 1.54) is 4.88 Å². The minimum absolute atomic E-state index is 0.000668. The molecule has 4 aliphatic rings. The number of nitrogens with zero attached hydrogens (tertiary/aromatic N) is 1. The molecule has 6 nitrogen and oxygen atoms in total. The number of aromatic nitrogens is 1. The Morgan fingerprint density at radius 2 is 1.97 bits per heavy atom. The van der Waals surface area contributed by atoms with Gasteiger partial charge in [-0.3, -0.25) is 9.59 Å². The van der Waals surface area contributed by atoms with E-state index in [9.17, 15) is 14.7 Å². The lowest BCUT2D eigenvalue weighted by molar-refractivity contribution is -0.134. The zero-order valence-corrected chi connectivity index (χ0v) is 18.9. The smallest absolute Gasteiger partial charge is 0.229 e. The molecule has 1 aromatic rings. The molecule has 6 atom stereocenters. The lowest BCUT2D eigenvalue weighted by Gasteiger charge is -2.53. The first kappa shape index (κ1) is 20.4. The first-order chi connectivity index (χ1) is 14.3. The highest BCUT2D eigenvalue weighted by molar-refractivity contribution is 7.15. The average molecular weight is 432 g/mol. The molecule has 1 heterocycles. The number of rotatable bonds is 5. The van der Waals surface area contributed by atoms with E-state index in [2.05, 4.69) is 24.5 Å². The lowest BCUT2D eigenvalue weighted by atomic mass is 9.53.